The second-order valence-electron chi connectivity index (χ2n) is 5.10. The Balaban J connectivity index is 1.74. The standard InChI is InChI=1S/C15H16N2O3S2/c1-16-22(19,20)12-7-5-11(6-8-12)17-15(18)14-9-10-3-2-4-13(10)21-14/h5-9,16H,2-4H2,1H3,(H,17,18). The van der Waals surface area contributed by atoms with Gasteiger partial charge in [-0.05, 0) is 62.2 Å². The molecular weight excluding hydrogens is 320 g/mol. The van der Waals surface area contributed by atoms with E-state index < -0.39 is 10.0 Å². The van der Waals surface area contributed by atoms with Crippen LogP contribution in [0.15, 0.2) is 35.2 Å². The first kappa shape index (κ1) is 15.2. The molecule has 0 saturated heterocycles. The summed E-state index contributed by atoms with van der Waals surface area (Å²) in [5.74, 6) is -0.149. The summed E-state index contributed by atoms with van der Waals surface area (Å²) in [5, 5.41) is 2.80. The van der Waals surface area contributed by atoms with E-state index in [0.29, 0.717) is 10.6 Å². The molecule has 0 fully saturated rings. The molecule has 0 unspecified atom stereocenters. The van der Waals surface area contributed by atoms with E-state index in [9.17, 15) is 13.2 Å². The second kappa shape index (κ2) is 5.83. The molecule has 1 aliphatic rings. The van der Waals surface area contributed by atoms with Gasteiger partial charge in [0, 0.05) is 10.6 Å². The van der Waals surface area contributed by atoms with Crippen LogP contribution in [0.3, 0.4) is 0 Å². The summed E-state index contributed by atoms with van der Waals surface area (Å²) in [6.45, 7) is 0. The lowest BCUT2D eigenvalue weighted by atomic mass is 10.2. The van der Waals surface area contributed by atoms with Crippen LogP contribution in [0, 0.1) is 0 Å². The molecule has 0 atom stereocenters. The third-order valence-electron chi connectivity index (χ3n) is 3.66. The molecule has 1 aromatic heterocycles. The minimum Gasteiger partial charge on any atom is -0.321 e. The normalized spacial score (nSPS) is 13.9. The first-order valence-corrected chi connectivity index (χ1v) is 9.26. The highest BCUT2D eigenvalue weighted by Gasteiger charge is 2.18. The van der Waals surface area contributed by atoms with Crippen LogP contribution in [-0.4, -0.2) is 21.4 Å². The second-order valence-corrected chi connectivity index (χ2v) is 8.12. The molecule has 0 spiro atoms. The van der Waals surface area contributed by atoms with Gasteiger partial charge < -0.3 is 5.32 Å². The fourth-order valence-corrected chi connectivity index (χ4v) is 4.35. The van der Waals surface area contributed by atoms with Crippen LogP contribution in [0.25, 0.3) is 0 Å². The lowest BCUT2D eigenvalue weighted by molar-refractivity contribution is 0.103. The highest BCUT2D eigenvalue weighted by Crippen LogP contribution is 2.31. The lowest BCUT2D eigenvalue weighted by Crippen LogP contribution is -2.18. The Hall–Kier alpha value is -1.70. The van der Waals surface area contributed by atoms with Gasteiger partial charge in [-0.25, -0.2) is 13.1 Å². The minimum absolute atomic E-state index is 0.149. The number of hydrogen-bond donors (Lipinski definition) is 2. The number of carbonyl (C=O) groups is 1. The molecule has 0 bridgehead atoms. The first-order valence-electron chi connectivity index (χ1n) is 6.96. The van der Waals surface area contributed by atoms with Crippen LogP contribution >= 0.6 is 11.3 Å². The highest BCUT2D eigenvalue weighted by molar-refractivity contribution is 7.89. The third kappa shape index (κ3) is 2.92. The van der Waals surface area contributed by atoms with Crippen LogP contribution < -0.4 is 10.0 Å². The molecule has 2 N–H and O–H groups in total. The molecule has 5 nitrogen and oxygen atoms in total. The van der Waals surface area contributed by atoms with Crippen LogP contribution in [0.2, 0.25) is 0 Å². The SMILES string of the molecule is CNS(=O)(=O)c1ccc(NC(=O)c2cc3c(s2)CCC3)cc1. The van der Waals surface area contributed by atoms with Gasteiger partial charge in [0.2, 0.25) is 10.0 Å². The van der Waals surface area contributed by atoms with Crippen molar-refractivity contribution in [3.05, 3.63) is 45.6 Å². The van der Waals surface area contributed by atoms with Crippen molar-refractivity contribution in [2.75, 3.05) is 12.4 Å². The molecular formula is C15H16N2O3S2. The number of amides is 1. The van der Waals surface area contributed by atoms with E-state index in [2.05, 4.69) is 10.0 Å². The number of aryl methyl sites for hydroxylation is 2. The van der Waals surface area contributed by atoms with E-state index in [1.165, 1.54) is 36.0 Å². The van der Waals surface area contributed by atoms with Gasteiger partial charge in [-0.2, -0.15) is 0 Å². The molecule has 1 aliphatic carbocycles. The predicted octanol–water partition coefficient (Wildman–Crippen LogP) is 2.40. The summed E-state index contributed by atoms with van der Waals surface area (Å²) in [4.78, 5) is 14.4. The minimum atomic E-state index is -3.45. The van der Waals surface area contributed by atoms with Crippen LogP contribution in [0.1, 0.15) is 26.5 Å². The Morgan fingerprint density at radius 3 is 2.55 bits per heavy atom. The number of nitrogens with one attached hydrogen (secondary N) is 2. The van der Waals surface area contributed by atoms with Gasteiger partial charge in [-0.3, -0.25) is 4.79 Å². The summed E-state index contributed by atoms with van der Waals surface area (Å²) in [6.07, 6.45) is 3.28. The molecule has 1 aromatic carbocycles. The van der Waals surface area contributed by atoms with E-state index in [1.54, 1.807) is 23.5 Å². The quantitative estimate of drug-likeness (QED) is 0.900. The van der Waals surface area contributed by atoms with E-state index in [4.69, 9.17) is 0 Å². The predicted molar refractivity (Wildman–Crippen MR) is 87.0 cm³/mol. The number of carbonyl (C=O) groups excluding carboxylic acids is 1. The maximum atomic E-state index is 12.2. The molecule has 3 rings (SSSR count). The van der Waals surface area contributed by atoms with Gasteiger partial charge in [0.25, 0.3) is 5.91 Å². The Morgan fingerprint density at radius 1 is 1.18 bits per heavy atom. The van der Waals surface area contributed by atoms with Gasteiger partial charge in [0.1, 0.15) is 0 Å². The fourth-order valence-electron chi connectivity index (χ4n) is 2.47. The van der Waals surface area contributed by atoms with Crippen molar-refractivity contribution in [2.24, 2.45) is 0 Å². The van der Waals surface area contributed by atoms with Crippen LogP contribution in [-0.2, 0) is 22.9 Å². The number of benzene rings is 1. The van der Waals surface area contributed by atoms with Crippen molar-refractivity contribution in [1.29, 1.82) is 0 Å². The van der Waals surface area contributed by atoms with Gasteiger partial charge >= 0.3 is 0 Å². The Morgan fingerprint density at radius 2 is 1.91 bits per heavy atom. The summed E-state index contributed by atoms with van der Waals surface area (Å²) < 4.78 is 25.5. The topological polar surface area (TPSA) is 75.3 Å². The lowest BCUT2D eigenvalue weighted by Gasteiger charge is -2.06. The number of fused-ring (bicyclic) bond motifs is 1. The Bertz CT molecular complexity index is 786. The maximum Gasteiger partial charge on any atom is 0.265 e. The molecule has 0 aliphatic heterocycles. The number of anilines is 1. The van der Waals surface area contributed by atoms with E-state index in [0.717, 1.165) is 12.8 Å². The average Bonchev–Trinajstić information content (AvgIpc) is 3.09. The zero-order valence-electron chi connectivity index (χ0n) is 12.0. The van der Waals surface area contributed by atoms with Crippen molar-refractivity contribution in [1.82, 2.24) is 4.72 Å². The van der Waals surface area contributed by atoms with Crippen molar-refractivity contribution in [3.8, 4) is 0 Å². The summed E-state index contributed by atoms with van der Waals surface area (Å²) in [5.41, 5.74) is 1.86. The number of sulfonamides is 1. The Kier molecular flexibility index (Phi) is 4.03. The largest absolute Gasteiger partial charge is 0.321 e. The van der Waals surface area contributed by atoms with Gasteiger partial charge in [0.05, 0.1) is 9.77 Å². The zero-order valence-corrected chi connectivity index (χ0v) is 13.7. The molecule has 0 radical (unpaired) electrons. The number of rotatable bonds is 4. The zero-order chi connectivity index (χ0) is 15.7. The highest BCUT2D eigenvalue weighted by atomic mass is 32.2. The average molecular weight is 336 g/mol. The fraction of sp³-hybridized carbons (Fsp3) is 0.267. The summed E-state index contributed by atoms with van der Waals surface area (Å²) in [7, 11) is -2.09. The number of hydrogen-bond acceptors (Lipinski definition) is 4. The van der Waals surface area contributed by atoms with E-state index in [-0.39, 0.29) is 10.8 Å². The van der Waals surface area contributed by atoms with Crippen LogP contribution in [0.5, 0.6) is 0 Å². The number of thiophene rings is 1. The van der Waals surface area contributed by atoms with Gasteiger partial charge in [-0.15, -0.1) is 11.3 Å². The monoisotopic (exact) mass is 336 g/mol. The van der Waals surface area contributed by atoms with Crippen molar-refractivity contribution in [3.63, 3.8) is 0 Å². The molecule has 7 heteroatoms. The maximum absolute atomic E-state index is 12.2. The van der Waals surface area contributed by atoms with Crippen molar-refractivity contribution >= 4 is 33.0 Å². The third-order valence-corrected chi connectivity index (χ3v) is 6.33. The summed E-state index contributed by atoms with van der Waals surface area (Å²) >= 11 is 1.54. The first-order chi connectivity index (χ1) is 10.5. The molecule has 0 saturated carbocycles. The molecule has 22 heavy (non-hydrogen) atoms. The molecule has 1 amide bonds. The van der Waals surface area contributed by atoms with Crippen molar-refractivity contribution < 1.29 is 13.2 Å². The van der Waals surface area contributed by atoms with Gasteiger partial charge in [-0.1, -0.05) is 0 Å². The smallest absolute Gasteiger partial charge is 0.265 e. The molecule has 2 aromatic rings. The van der Waals surface area contributed by atoms with Crippen molar-refractivity contribution in [2.45, 2.75) is 24.2 Å². The van der Waals surface area contributed by atoms with E-state index >= 15 is 0 Å². The summed E-state index contributed by atoms with van der Waals surface area (Å²) in [6, 6.07) is 8.07. The molecule has 116 valence electrons. The van der Waals surface area contributed by atoms with Crippen LogP contribution in [0.4, 0.5) is 5.69 Å². The van der Waals surface area contributed by atoms with E-state index in [1.807, 2.05) is 6.07 Å². The van der Waals surface area contributed by atoms with Gasteiger partial charge in [0.15, 0.2) is 0 Å². The Labute approximate surface area is 133 Å². The molecule has 1 heterocycles.